The SMILES string of the molecule is COc1cc(C(=O)OC[C@H]2O[C@@H](OCCS(C)(C)C)[C@H](O)[C@@H](O)[C@@H]2O)cc(Cl)c1OC(=O)c1ccccc1. The lowest BCUT2D eigenvalue weighted by Gasteiger charge is -2.40. The first kappa shape index (κ1) is 30.2. The molecule has 0 saturated carbocycles. The summed E-state index contributed by atoms with van der Waals surface area (Å²) in [7, 11) is 0.462. The summed E-state index contributed by atoms with van der Waals surface area (Å²) in [6.07, 6.45) is -0.596. The number of carbonyl (C=O) groups excluding carboxylic acids is 2. The van der Waals surface area contributed by atoms with Gasteiger partial charge in [-0.3, -0.25) is 0 Å². The molecular weight excluding hydrogens is 540 g/mol. The van der Waals surface area contributed by atoms with E-state index in [4.69, 9.17) is 35.3 Å². The highest BCUT2D eigenvalue weighted by Gasteiger charge is 2.44. The van der Waals surface area contributed by atoms with Gasteiger partial charge in [0.25, 0.3) is 0 Å². The predicted molar refractivity (Wildman–Crippen MR) is 143 cm³/mol. The van der Waals surface area contributed by atoms with Crippen molar-refractivity contribution < 1.29 is 48.6 Å². The number of aliphatic hydroxyl groups is 3. The van der Waals surface area contributed by atoms with Gasteiger partial charge in [0.1, 0.15) is 31.0 Å². The molecule has 1 aliphatic rings. The van der Waals surface area contributed by atoms with Gasteiger partial charge in [-0.15, -0.1) is 0 Å². The lowest BCUT2D eigenvalue weighted by Crippen LogP contribution is -2.59. The van der Waals surface area contributed by atoms with Crippen LogP contribution < -0.4 is 9.47 Å². The minimum atomic E-state index is -1.56. The summed E-state index contributed by atoms with van der Waals surface area (Å²) in [4.78, 5) is 25.2. The molecule has 1 aliphatic heterocycles. The number of aliphatic hydroxyl groups excluding tert-OH is 3. The Labute approximate surface area is 227 Å². The number of ether oxygens (including phenoxy) is 5. The molecule has 210 valence electrons. The normalized spacial score (nSPS) is 23.9. The van der Waals surface area contributed by atoms with Crippen molar-refractivity contribution in [1.82, 2.24) is 0 Å². The van der Waals surface area contributed by atoms with Crippen LogP contribution in [-0.2, 0) is 14.2 Å². The molecule has 0 spiro atoms. The second kappa shape index (κ2) is 13.1. The zero-order chi connectivity index (χ0) is 28.0. The Morgan fingerprint density at radius 2 is 1.66 bits per heavy atom. The van der Waals surface area contributed by atoms with Crippen molar-refractivity contribution in [2.45, 2.75) is 30.7 Å². The lowest BCUT2D eigenvalue weighted by molar-refractivity contribution is -0.299. The number of rotatable bonds is 10. The molecule has 3 rings (SSSR count). The van der Waals surface area contributed by atoms with Gasteiger partial charge in [0.05, 0.1) is 29.9 Å². The Morgan fingerprint density at radius 1 is 0.974 bits per heavy atom. The quantitative estimate of drug-likeness (QED) is 0.287. The maximum atomic E-state index is 12.8. The third kappa shape index (κ3) is 7.82. The monoisotopic (exact) mass is 572 g/mol. The largest absolute Gasteiger partial charge is 0.493 e. The Hall–Kier alpha value is -2.38. The molecular formula is C26H33ClO10S. The van der Waals surface area contributed by atoms with Crippen LogP contribution in [0.15, 0.2) is 42.5 Å². The molecule has 12 heteroatoms. The minimum Gasteiger partial charge on any atom is -0.493 e. The summed E-state index contributed by atoms with van der Waals surface area (Å²) >= 11 is 6.29. The molecule has 0 aliphatic carbocycles. The molecule has 1 saturated heterocycles. The fourth-order valence-electron chi connectivity index (χ4n) is 3.51. The van der Waals surface area contributed by atoms with E-state index in [0.717, 1.165) is 5.75 Å². The number of benzene rings is 2. The number of halogens is 1. The minimum absolute atomic E-state index is 0.0156. The predicted octanol–water partition coefficient (Wildman–Crippen LogP) is 2.24. The first-order chi connectivity index (χ1) is 17.9. The van der Waals surface area contributed by atoms with Gasteiger partial charge in [-0.1, -0.05) is 29.8 Å². The number of carbonyl (C=O) groups is 2. The third-order valence-electron chi connectivity index (χ3n) is 5.69. The Bertz CT molecular complexity index is 1110. The summed E-state index contributed by atoms with van der Waals surface area (Å²) in [6, 6.07) is 10.8. The molecule has 3 N–H and O–H groups in total. The molecule has 0 radical (unpaired) electrons. The highest BCUT2D eigenvalue weighted by Crippen LogP contribution is 2.37. The Morgan fingerprint density at radius 3 is 2.29 bits per heavy atom. The van der Waals surface area contributed by atoms with Gasteiger partial charge in [0.15, 0.2) is 17.8 Å². The maximum absolute atomic E-state index is 12.8. The van der Waals surface area contributed by atoms with Crippen LogP contribution >= 0.6 is 21.6 Å². The molecule has 5 atom stereocenters. The van der Waals surface area contributed by atoms with Crippen molar-refractivity contribution in [3.05, 3.63) is 58.6 Å². The van der Waals surface area contributed by atoms with Crippen LogP contribution in [0.5, 0.6) is 11.5 Å². The molecule has 2 aromatic carbocycles. The number of hydrogen-bond acceptors (Lipinski definition) is 10. The second-order valence-electron chi connectivity index (χ2n) is 9.52. The topological polar surface area (TPSA) is 141 Å². The average molecular weight is 573 g/mol. The summed E-state index contributed by atoms with van der Waals surface area (Å²) in [5.41, 5.74) is 0.285. The van der Waals surface area contributed by atoms with Gasteiger partial charge >= 0.3 is 11.9 Å². The van der Waals surface area contributed by atoms with Crippen LogP contribution in [0.25, 0.3) is 0 Å². The lowest BCUT2D eigenvalue weighted by atomic mass is 9.99. The number of hydrogen-bond donors (Lipinski definition) is 3. The van der Waals surface area contributed by atoms with Gasteiger partial charge in [-0.05, 0) is 43.0 Å². The zero-order valence-corrected chi connectivity index (χ0v) is 23.1. The van der Waals surface area contributed by atoms with E-state index in [0.29, 0.717) is 5.56 Å². The first-order valence-electron chi connectivity index (χ1n) is 11.7. The fraction of sp³-hybridized carbons (Fsp3) is 0.462. The Balaban J connectivity index is 1.66. The van der Waals surface area contributed by atoms with E-state index in [1.54, 1.807) is 30.3 Å². The average Bonchev–Trinajstić information content (AvgIpc) is 2.88. The molecule has 10 nitrogen and oxygen atoms in total. The second-order valence-corrected chi connectivity index (χ2v) is 14.5. The van der Waals surface area contributed by atoms with Crippen molar-refractivity contribution in [2.24, 2.45) is 0 Å². The Kier molecular flexibility index (Phi) is 10.4. The molecule has 0 amide bonds. The molecule has 0 unspecified atom stereocenters. The van der Waals surface area contributed by atoms with Crippen LogP contribution in [0.2, 0.25) is 5.02 Å². The van der Waals surface area contributed by atoms with Gasteiger partial charge in [0, 0.05) is 5.75 Å². The van der Waals surface area contributed by atoms with E-state index >= 15 is 0 Å². The van der Waals surface area contributed by atoms with E-state index in [-0.39, 0.29) is 28.7 Å². The molecule has 0 bridgehead atoms. The van der Waals surface area contributed by atoms with Crippen molar-refractivity contribution in [3.8, 4) is 11.5 Å². The van der Waals surface area contributed by atoms with Gasteiger partial charge < -0.3 is 39.0 Å². The van der Waals surface area contributed by atoms with Crippen LogP contribution in [0, 0.1) is 0 Å². The maximum Gasteiger partial charge on any atom is 0.343 e. The number of methoxy groups -OCH3 is 1. The molecule has 1 fully saturated rings. The first-order valence-corrected chi connectivity index (χ1v) is 15.1. The summed E-state index contributed by atoms with van der Waals surface area (Å²) < 4.78 is 27.1. The van der Waals surface area contributed by atoms with E-state index < -0.39 is 59.3 Å². The van der Waals surface area contributed by atoms with E-state index in [9.17, 15) is 24.9 Å². The fourth-order valence-corrected chi connectivity index (χ4v) is 4.36. The van der Waals surface area contributed by atoms with Crippen molar-refractivity contribution in [2.75, 3.05) is 44.8 Å². The van der Waals surface area contributed by atoms with Crippen molar-refractivity contribution >= 4 is 33.6 Å². The van der Waals surface area contributed by atoms with Crippen LogP contribution in [0.4, 0.5) is 0 Å². The number of esters is 2. The van der Waals surface area contributed by atoms with E-state index in [1.165, 1.54) is 19.2 Å². The molecule has 38 heavy (non-hydrogen) atoms. The van der Waals surface area contributed by atoms with Crippen LogP contribution in [-0.4, -0.2) is 103 Å². The highest BCUT2D eigenvalue weighted by atomic mass is 35.5. The molecule has 0 aromatic heterocycles. The zero-order valence-electron chi connectivity index (χ0n) is 21.5. The standard InChI is InChI=1S/C26H33ClO10S/c1-33-18-13-16(12-17(27)23(18)37-25(32)15-8-6-5-7-9-15)24(31)35-14-19-20(28)21(29)22(30)26(36-19)34-10-11-38(2,3)4/h5-9,12-13,19-22,26,28-30H,10-11,14H2,1-4H3/t19-,20-,21+,22-,26-/m1/s1. The molecule has 2 aromatic rings. The van der Waals surface area contributed by atoms with E-state index in [2.05, 4.69) is 18.8 Å². The van der Waals surface area contributed by atoms with Gasteiger partial charge in [-0.2, -0.15) is 0 Å². The molecule has 1 heterocycles. The summed E-state index contributed by atoms with van der Waals surface area (Å²) in [5.74, 6) is -0.797. The van der Waals surface area contributed by atoms with Crippen LogP contribution in [0.3, 0.4) is 0 Å². The van der Waals surface area contributed by atoms with Crippen molar-refractivity contribution in [3.63, 3.8) is 0 Å². The van der Waals surface area contributed by atoms with Gasteiger partial charge in [0.2, 0.25) is 0 Å². The summed E-state index contributed by atoms with van der Waals surface area (Å²) in [6.45, 7) is -0.159. The smallest absolute Gasteiger partial charge is 0.343 e. The van der Waals surface area contributed by atoms with E-state index in [1.807, 2.05) is 0 Å². The van der Waals surface area contributed by atoms with Crippen LogP contribution in [0.1, 0.15) is 20.7 Å². The third-order valence-corrected chi connectivity index (χ3v) is 7.37. The summed E-state index contributed by atoms with van der Waals surface area (Å²) in [5, 5.41) is 30.8. The van der Waals surface area contributed by atoms with Gasteiger partial charge in [-0.25, -0.2) is 19.6 Å². The highest BCUT2D eigenvalue weighted by molar-refractivity contribution is 8.32. The van der Waals surface area contributed by atoms with Crippen molar-refractivity contribution in [1.29, 1.82) is 0 Å².